The van der Waals surface area contributed by atoms with Gasteiger partial charge in [0.1, 0.15) is 5.37 Å². The molecule has 1 unspecified atom stereocenters. The van der Waals surface area contributed by atoms with Crippen molar-refractivity contribution >= 4 is 54.8 Å². The summed E-state index contributed by atoms with van der Waals surface area (Å²) >= 11 is 3.37. The number of hydrogen-bond donors (Lipinski definition) is 2. The van der Waals surface area contributed by atoms with E-state index in [0.29, 0.717) is 28.5 Å². The number of pyridine rings is 1. The predicted octanol–water partition coefficient (Wildman–Crippen LogP) is 3.56. The lowest BCUT2D eigenvalue weighted by Gasteiger charge is -2.36. The Morgan fingerprint density at radius 3 is 2.56 bits per heavy atom. The fourth-order valence-electron chi connectivity index (χ4n) is 3.97. The summed E-state index contributed by atoms with van der Waals surface area (Å²) in [6.45, 7) is 6.45. The van der Waals surface area contributed by atoms with Gasteiger partial charge in [-0.2, -0.15) is 0 Å². The van der Waals surface area contributed by atoms with Crippen molar-refractivity contribution in [2.45, 2.75) is 10.3 Å². The summed E-state index contributed by atoms with van der Waals surface area (Å²) in [5.41, 5.74) is 0.844. The van der Waals surface area contributed by atoms with Gasteiger partial charge in [0.05, 0.1) is 21.1 Å². The Kier molecular flexibility index (Phi) is 7.68. The van der Waals surface area contributed by atoms with E-state index in [1.165, 1.54) is 36.5 Å². The highest BCUT2D eigenvalue weighted by Crippen LogP contribution is 2.40. The van der Waals surface area contributed by atoms with Crippen LogP contribution >= 0.6 is 28.3 Å². The topological polar surface area (TPSA) is 133 Å². The summed E-state index contributed by atoms with van der Waals surface area (Å²) in [7, 11) is -1.82. The third-order valence-corrected chi connectivity index (χ3v) is 8.38. The number of rotatable bonds is 6. The molecule has 3 aromatic rings. The summed E-state index contributed by atoms with van der Waals surface area (Å²) < 4.78 is 27.1. The van der Waals surface area contributed by atoms with Gasteiger partial charge in [-0.05, 0) is 35.1 Å². The van der Waals surface area contributed by atoms with Gasteiger partial charge in [0.25, 0.3) is 5.69 Å². The molecular weight excluding hydrogens is 550 g/mol. The average molecular weight is 573 g/mol. The number of non-ortho nitro benzene ring substituents is 1. The highest BCUT2D eigenvalue weighted by atomic mass is 79.9. The van der Waals surface area contributed by atoms with E-state index in [-0.39, 0.29) is 40.1 Å². The maximum atomic E-state index is 13.4. The minimum absolute atomic E-state index is 0. The van der Waals surface area contributed by atoms with E-state index in [1.807, 2.05) is 11.9 Å². The molecule has 4 rings (SSSR count). The van der Waals surface area contributed by atoms with E-state index in [9.17, 15) is 23.6 Å². The zero-order valence-electron chi connectivity index (χ0n) is 18.1. The molecule has 2 N–H and O–H groups in total. The van der Waals surface area contributed by atoms with E-state index >= 15 is 0 Å². The fraction of sp³-hybridized carbons (Fsp3) is 0.286. The average Bonchev–Trinajstić information content (AvgIpc) is 3.10. The number of hydrogen-bond acceptors (Lipinski definition) is 8. The van der Waals surface area contributed by atoms with E-state index in [0.717, 1.165) is 13.1 Å². The van der Waals surface area contributed by atoms with Crippen LogP contribution in [0.5, 0.6) is 5.88 Å². The largest absolute Gasteiger partial charge is 0.494 e. The number of nitro benzene ring substituents is 1. The Balaban J connectivity index is 0.00000324. The number of halogens is 2. The number of likely N-dealkylation sites (N-methyl/N-ethyl adjacent to an activating group) is 1. The highest BCUT2D eigenvalue weighted by Gasteiger charge is 2.33. The molecule has 0 spiro atoms. The first kappa shape index (κ1) is 26.1. The van der Waals surface area contributed by atoms with E-state index in [4.69, 9.17) is 0 Å². The lowest BCUT2D eigenvalue weighted by molar-refractivity contribution is -0.384. The van der Waals surface area contributed by atoms with Crippen molar-refractivity contribution in [1.82, 2.24) is 19.8 Å². The Hall–Kier alpha value is -2.51. The normalized spacial score (nSPS) is 16.2. The number of nitrogens with one attached hydrogen (secondary N) is 1. The molecule has 1 saturated heterocycles. The molecule has 1 aliphatic rings. The van der Waals surface area contributed by atoms with Crippen LogP contribution in [-0.4, -0.2) is 76.8 Å². The van der Waals surface area contributed by atoms with Gasteiger partial charge < -0.3 is 15.0 Å². The summed E-state index contributed by atoms with van der Waals surface area (Å²) in [5, 5.41) is 21.2. The van der Waals surface area contributed by atoms with Crippen molar-refractivity contribution in [2.24, 2.45) is 0 Å². The molecule has 1 fully saturated rings. The lowest BCUT2D eigenvalue weighted by Crippen LogP contribution is -2.50. The first-order valence-electron chi connectivity index (χ1n) is 10.1. The number of H-pyrrole nitrogens is 1. The van der Waals surface area contributed by atoms with Crippen molar-refractivity contribution in [3.63, 3.8) is 0 Å². The minimum Gasteiger partial charge on any atom is -0.494 e. The van der Waals surface area contributed by atoms with Crippen LogP contribution in [0.3, 0.4) is 0 Å². The predicted molar refractivity (Wildman–Crippen MR) is 135 cm³/mol. The first-order chi connectivity index (χ1) is 15.6. The van der Waals surface area contributed by atoms with Crippen molar-refractivity contribution in [2.75, 3.05) is 33.2 Å². The summed E-state index contributed by atoms with van der Waals surface area (Å²) in [4.78, 5) is 21.7. The molecular formula is C21H23BrClN5O5S. The Morgan fingerprint density at radius 2 is 1.97 bits per heavy atom. The summed E-state index contributed by atoms with van der Waals surface area (Å²) in [6, 6.07) is 5.59. The van der Waals surface area contributed by atoms with Gasteiger partial charge in [-0.25, -0.2) is 8.42 Å². The number of nitro groups is 1. The molecule has 2 aromatic heterocycles. The van der Waals surface area contributed by atoms with Crippen LogP contribution in [0.2, 0.25) is 0 Å². The number of aromatic amines is 1. The molecule has 13 heteroatoms. The third-order valence-electron chi connectivity index (χ3n) is 5.77. The minimum atomic E-state index is -3.81. The molecule has 0 bridgehead atoms. The zero-order valence-corrected chi connectivity index (χ0v) is 21.4. The molecule has 1 atom stereocenters. The second-order valence-electron chi connectivity index (χ2n) is 7.85. The van der Waals surface area contributed by atoms with Crippen LogP contribution in [0.25, 0.3) is 22.2 Å². The van der Waals surface area contributed by atoms with Gasteiger partial charge in [-0.3, -0.25) is 20.0 Å². The van der Waals surface area contributed by atoms with Crippen molar-refractivity contribution in [3.05, 3.63) is 57.7 Å². The van der Waals surface area contributed by atoms with Crippen molar-refractivity contribution < 1.29 is 18.4 Å². The smallest absolute Gasteiger partial charge is 0.270 e. The SMILES string of the molecule is C=CC(N1CCN(C)CC1)S(=O)(=O)c1cnc(-c2c(O)[nH]c3ccc([N+](=O)[O-])cc23)c(Br)c1.Cl. The Morgan fingerprint density at radius 1 is 1.29 bits per heavy atom. The summed E-state index contributed by atoms with van der Waals surface area (Å²) in [5.74, 6) is -0.226. The molecule has 0 amide bonds. The van der Waals surface area contributed by atoms with Crippen LogP contribution in [0.15, 0.2) is 52.5 Å². The van der Waals surface area contributed by atoms with Crippen LogP contribution < -0.4 is 0 Å². The number of fused-ring (bicyclic) bond motifs is 1. The molecule has 0 radical (unpaired) electrons. The molecule has 0 aliphatic carbocycles. The number of piperazine rings is 1. The molecule has 10 nitrogen and oxygen atoms in total. The number of aromatic nitrogens is 2. The van der Waals surface area contributed by atoms with E-state index < -0.39 is 20.1 Å². The van der Waals surface area contributed by atoms with Gasteiger partial charge in [0.15, 0.2) is 15.7 Å². The monoisotopic (exact) mass is 571 g/mol. The van der Waals surface area contributed by atoms with Crippen molar-refractivity contribution in [1.29, 1.82) is 0 Å². The lowest BCUT2D eigenvalue weighted by atomic mass is 10.1. The second-order valence-corrected chi connectivity index (χ2v) is 10.7. The number of aromatic hydroxyl groups is 1. The Bertz CT molecular complexity index is 1360. The number of nitrogens with zero attached hydrogens (tertiary/aromatic N) is 4. The van der Waals surface area contributed by atoms with Gasteiger partial charge in [0, 0.05) is 59.9 Å². The fourth-order valence-corrected chi connectivity index (χ4v) is 6.28. The van der Waals surface area contributed by atoms with E-state index in [2.05, 4.69) is 37.4 Å². The van der Waals surface area contributed by atoms with Crippen molar-refractivity contribution in [3.8, 4) is 17.1 Å². The molecule has 182 valence electrons. The van der Waals surface area contributed by atoms with E-state index in [1.54, 1.807) is 0 Å². The maximum absolute atomic E-state index is 13.4. The number of benzene rings is 1. The zero-order chi connectivity index (χ0) is 23.9. The number of sulfone groups is 1. The first-order valence-corrected chi connectivity index (χ1v) is 12.4. The van der Waals surface area contributed by atoms with Gasteiger partial charge >= 0.3 is 0 Å². The maximum Gasteiger partial charge on any atom is 0.270 e. The van der Waals surface area contributed by atoms with Crippen LogP contribution in [-0.2, 0) is 9.84 Å². The highest BCUT2D eigenvalue weighted by molar-refractivity contribution is 9.10. The quantitative estimate of drug-likeness (QED) is 0.260. The third kappa shape index (κ3) is 4.68. The molecule has 1 aliphatic heterocycles. The second kappa shape index (κ2) is 10.0. The molecule has 34 heavy (non-hydrogen) atoms. The standard InChI is InChI=1S/C21H22BrN5O5S.ClH/c1-3-18(26-8-6-25(2)7-9-26)33(31,32)14-11-16(22)20(23-12-14)19-15-10-13(27(29)30)4-5-17(15)24-21(19)28;/h3-5,10-12,18,24,28H,1,6-9H2,2H3;1H. The van der Waals surface area contributed by atoms with Crippen LogP contribution in [0.1, 0.15) is 0 Å². The Labute approximate surface area is 210 Å². The molecule has 1 aromatic carbocycles. The van der Waals surface area contributed by atoms with Crippen LogP contribution in [0.4, 0.5) is 5.69 Å². The molecule has 3 heterocycles. The van der Waals surface area contributed by atoms with Crippen LogP contribution in [0, 0.1) is 10.1 Å². The van der Waals surface area contributed by atoms with Gasteiger partial charge in [-0.1, -0.05) is 6.08 Å². The molecule has 0 saturated carbocycles. The summed E-state index contributed by atoms with van der Waals surface area (Å²) in [6.07, 6.45) is 2.66. The van der Waals surface area contributed by atoms with Gasteiger partial charge in [0.2, 0.25) is 0 Å². The van der Waals surface area contributed by atoms with Gasteiger partial charge in [-0.15, -0.1) is 19.0 Å².